The molecule has 2 saturated heterocycles. The molecular formula is C47H46F2N14O5. The Hall–Kier alpha value is -7.33. The lowest BCUT2D eigenvalue weighted by molar-refractivity contribution is -0.0181. The number of nitrogens with zero attached hydrogens (tertiary/aromatic N) is 10. The number of nitrogens with one attached hydrogen (secondary N) is 4. The van der Waals surface area contributed by atoms with Crippen LogP contribution < -0.4 is 0 Å². The number of fused-ring (bicyclic) bond motifs is 4. The van der Waals surface area contributed by atoms with Crippen LogP contribution in [0.1, 0.15) is 60.6 Å². The summed E-state index contributed by atoms with van der Waals surface area (Å²) in [6.45, 7) is 6.14. The molecule has 10 heterocycles. The summed E-state index contributed by atoms with van der Waals surface area (Å²) < 4.78 is 28.7. The van der Waals surface area contributed by atoms with Gasteiger partial charge in [-0.3, -0.25) is 20.0 Å². The van der Waals surface area contributed by atoms with Crippen LogP contribution in [0.15, 0.2) is 48.5 Å². The van der Waals surface area contributed by atoms with Crippen molar-refractivity contribution in [2.24, 2.45) is 0 Å². The van der Waals surface area contributed by atoms with Crippen molar-refractivity contribution in [3.63, 3.8) is 0 Å². The van der Waals surface area contributed by atoms with Gasteiger partial charge >= 0.3 is 6.03 Å². The fourth-order valence-corrected chi connectivity index (χ4v) is 10.6. The highest BCUT2D eigenvalue weighted by molar-refractivity contribution is 5.91. The number of hydrogen-bond donors (Lipinski definition) is 8. The van der Waals surface area contributed by atoms with E-state index >= 15 is 0 Å². The van der Waals surface area contributed by atoms with Crippen LogP contribution in [0, 0.1) is 11.6 Å². The van der Waals surface area contributed by atoms with E-state index in [0.717, 1.165) is 44.7 Å². The summed E-state index contributed by atoms with van der Waals surface area (Å²) in [5, 5.41) is 59.0. The number of likely N-dealkylation sites (tertiary alicyclic amines) is 2. The number of urea groups is 1. The molecule has 8 N–H and O–H groups in total. The van der Waals surface area contributed by atoms with Crippen LogP contribution in [0.25, 0.3) is 67.6 Å². The molecule has 2 aromatic carbocycles. The molecule has 4 aliphatic rings. The van der Waals surface area contributed by atoms with Crippen molar-refractivity contribution in [3.8, 4) is 57.1 Å². The van der Waals surface area contributed by atoms with Crippen molar-refractivity contribution in [3.05, 3.63) is 94.1 Å². The first-order chi connectivity index (χ1) is 32.9. The maximum Gasteiger partial charge on any atom is 0.322 e. The number of aliphatic hydroxyl groups is 2. The Labute approximate surface area is 385 Å². The summed E-state index contributed by atoms with van der Waals surface area (Å²) in [6.07, 6.45) is -0.844. The van der Waals surface area contributed by atoms with Crippen LogP contribution in [0.5, 0.6) is 11.5 Å². The van der Waals surface area contributed by atoms with Crippen LogP contribution in [-0.4, -0.2) is 134 Å². The maximum absolute atomic E-state index is 14.6. The van der Waals surface area contributed by atoms with Crippen molar-refractivity contribution in [2.75, 3.05) is 13.1 Å². The molecule has 2 amide bonds. The molecule has 348 valence electrons. The van der Waals surface area contributed by atoms with Gasteiger partial charge in [0.2, 0.25) is 0 Å². The summed E-state index contributed by atoms with van der Waals surface area (Å²) in [4.78, 5) is 48.2. The molecule has 8 aromatic rings. The van der Waals surface area contributed by atoms with Gasteiger partial charge in [-0.25, -0.2) is 33.5 Å². The number of hydrogen-bond acceptors (Lipinski definition) is 13. The van der Waals surface area contributed by atoms with E-state index in [1.165, 1.54) is 24.3 Å². The number of phenols is 2. The normalized spacial score (nSPS) is 20.7. The number of carbonyl (C=O) groups is 1. The minimum absolute atomic E-state index is 0.256. The number of amides is 2. The molecule has 0 bridgehead atoms. The van der Waals surface area contributed by atoms with Crippen molar-refractivity contribution in [2.45, 2.75) is 90.2 Å². The Balaban J connectivity index is 0.727. The van der Waals surface area contributed by atoms with Gasteiger partial charge in [0.25, 0.3) is 0 Å². The maximum atomic E-state index is 14.6. The number of carbonyl (C=O) groups excluding carboxylic acids is 1. The molecule has 2 unspecified atom stereocenters. The summed E-state index contributed by atoms with van der Waals surface area (Å²) in [7, 11) is 0. The zero-order chi connectivity index (χ0) is 46.7. The number of imidazole rings is 2. The standard InChI is InChI=1S/C47H46F2N14O5/c1-3-21-13-37(66)27(48)15-25(21)29-7-5-23-39(56-58-41(23)50-29)43-52-31-17-60(18-32(31)53-43)45-35(64)9-11-62(45)47(68)63-12-10-36(65)46(63)61-19-33-34(20-61)55-44(54-33)40-24-6-8-30(51-42(24)59-57-40)26-16-28(49)38(67)14-22(26)4-2/h5-8,13-16,35-36,45-46,64-67H,3-4,9-12,17-20H2,1-2H3,(H,52,53)(H,54,55)(H,50,56,58)(H,51,57,59)/t35?,36?,45-,46-/m0/s1. The number of aromatic hydroxyl groups is 2. The molecule has 68 heavy (non-hydrogen) atoms. The number of aryl methyl sites for hydroxylation is 2. The van der Waals surface area contributed by atoms with E-state index in [2.05, 4.69) is 30.4 Å². The number of halogens is 2. The zero-order valence-corrected chi connectivity index (χ0v) is 36.9. The van der Waals surface area contributed by atoms with Gasteiger partial charge in [-0.1, -0.05) is 13.8 Å². The second-order valence-corrected chi connectivity index (χ2v) is 18.0. The third kappa shape index (κ3) is 6.70. The predicted molar refractivity (Wildman–Crippen MR) is 242 cm³/mol. The lowest BCUT2D eigenvalue weighted by Gasteiger charge is -2.39. The quantitative estimate of drug-likeness (QED) is 0.0953. The topological polar surface area (TPSA) is 251 Å². The molecule has 0 aliphatic carbocycles. The van der Waals surface area contributed by atoms with E-state index in [1.54, 1.807) is 21.9 Å². The number of pyridine rings is 2. The SMILES string of the molecule is CCc1cc(O)c(F)cc1-c1ccc2c(-c3nc4c([nH]3)CN([C@@H]3C(O)CCN3C(=O)N3CCC(O)[C@H]3N3Cc5nc(-c6n[nH]c7nc(-c8cc(F)c(O)cc8CC)ccc67)[nH]c5C3)C4)n[nH]c2n1. The van der Waals surface area contributed by atoms with Crippen molar-refractivity contribution in [1.29, 1.82) is 0 Å². The second-order valence-electron chi connectivity index (χ2n) is 18.0. The van der Waals surface area contributed by atoms with Crippen molar-refractivity contribution < 1.29 is 34.0 Å². The van der Waals surface area contributed by atoms with Gasteiger partial charge in [0.15, 0.2) is 46.1 Å². The molecule has 19 nitrogen and oxygen atoms in total. The average Bonchev–Trinajstić information content (AvgIpc) is 4.20. The van der Waals surface area contributed by atoms with Gasteiger partial charge in [0, 0.05) is 50.4 Å². The van der Waals surface area contributed by atoms with Gasteiger partial charge in [-0.05, 0) is 85.3 Å². The average molecular weight is 925 g/mol. The minimum Gasteiger partial charge on any atom is -0.505 e. The molecule has 12 rings (SSSR count). The number of H-pyrrole nitrogens is 4. The molecule has 0 saturated carbocycles. The number of aliphatic hydroxyl groups excluding tert-OH is 2. The summed E-state index contributed by atoms with van der Waals surface area (Å²) in [5.74, 6) is -1.15. The highest BCUT2D eigenvalue weighted by atomic mass is 19.1. The fourth-order valence-electron chi connectivity index (χ4n) is 10.6. The lowest BCUT2D eigenvalue weighted by Crippen LogP contribution is -2.57. The van der Waals surface area contributed by atoms with Gasteiger partial charge in [0.1, 0.15) is 23.7 Å². The lowest BCUT2D eigenvalue weighted by atomic mass is 10.0. The Kier molecular flexibility index (Phi) is 9.83. The Morgan fingerprint density at radius 2 is 1.09 bits per heavy atom. The third-order valence-electron chi connectivity index (χ3n) is 14.0. The first kappa shape index (κ1) is 42.1. The molecule has 0 spiro atoms. The summed E-state index contributed by atoms with van der Waals surface area (Å²) in [5.41, 5.74) is 9.17. The zero-order valence-electron chi connectivity index (χ0n) is 36.9. The number of aromatic amines is 4. The third-order valence-corrected chi connectivity index (χ3v) is 14.0. The first-order valence-corrected chi connectivity index (χ1v) is 22.8. The minimum atomic E-state index is -0.794. The molecule has 6 aromatic heterocycles. The fraction of sp³-hybridized carbons (Fsp3) is 0.340. The Morgan fingerprint density at radius 3 is 1.50 bits per heavy atom. The van der Waals surface area contributed by atoms with Crippen LogP contribution in [0.4, 0.5) is 13.6 Å². The van der Waals surface area contributed by atoms with Crippen LogP contribution in [0.2, 0.25) is 0 Å². The Morgan fingerprint density at radius 1 is 0.647 bits per heavy atom. The Bertz CT molecular complexity index is 3070. The van der Waals surface area contributed by atoms with Gasteiger partial charge in [-0.15, -0.1) is 0 Å². The molecular weight excluding hydrogens is 879 g/mol. The van der Waals surface area contributed by atoms with Crippen molar-refractivity contribution in [1.82, 2.24) is 69.9 Å². The molecule has 4 atom stereocenters. The molecule has 4 aliphatic heterocycles. The summed E-state index contributed by atoms with van der Waals surface area (Å²) in [6, 6.07) is 12.5. The van der Waals surface area contributed by atoms with Gasteiger partial charge < -0.3 is 40.2 Å². The van der Waals surface area contributed by atoms with Gasteiger partial charge in [0.05, 0.1) is 57.1 Å². The van der Waals surface area contributed by atoms with E-state index < -0.39 is 47.7 Å². The van der Waals surface area contributed by atoms with Crippen LogP contribution in [-0.2, 0) is 39.0 Å². The number of phenolic OH excluding ortho intramolecular Hbond substituents is 2. The molecule has 21 heteroatoms. The van der Waals surface area contributed by atoms with E-state index in [1.807, 2.05) is 35.8 Å². The van der Waals surface area contributed by atoms with Crippen molar-refractivity contribution >= 4 is 28.1 Å². The smallest absolute Gasteiger partial charge is 0.322 e. The number of aromatic nitrogens is 10. The van der Waals surface area contributed by atoms with E-state index in [4.69, 9.17) is 19.9 Å². The molecule has 0 radical (unpaired) electrons. The predicted octanol–water partition coefficient (Wildman–Crippen LogP) is 5.39. The van der Waals surface area contributed by atoms with Gasteiger partial charge in [-0.2, -0.15) is 10.2 Å². The first-order valence-electron chi connectivity index (χ1n) is 22.8. The van der Waals surface area contributed by atoms with E-state index in [-0.39, 0.29) is 6.03 Å². The number of rotatable bonds is 8. The monoisotopic (exact) mass is 924 g/mol. The molecule has 2 fully saturated rings. The largest absolute Gasteiger partial charge is 0.505 e. The summed E-state index contributed by atoms with van der Waals surface area (Å²) >= 11 is 0. The van der Waals surface area contributed by atoms with E-state index in [0.29, 0.717) is 122 Å². The number of benzene rings is 2. The highest BCUT2D eigenvalue weighted by Crippen LogP contribution is 2.38. The second kappa shape index (κ2) is 15.9. The van der Waals surface area contributed by atoms with Crippen LogP contribution >= 0.6 is 0 Å². The highest BCUT2D eigenvalue weighted by Gasteiger charge is 2.49. The van der Waals surface area contributed by atoms with Crippen LogP contribution in [0.3, 0.4) is 0 Å². The van der Waals surface area contributed by atoms with E-state index in [9.17, 15) is 34.0 Å².